The Hall–Kier alpha value is -3.48. The summed E-state index contributed by atoms with van der Waals surface area (Å²) in [6.07, 6.45) is 3.97. The lowest BCUT2D eigenvalue weighted by molar-refractivity contribution is -0.128. The van der Waals surface area contributed by atoms with Crippen molar-refractivity contribution in [2.45, 2.75) is 51.5 Å². The molecule has 0 N–H and O–H groups in total. The second kappa shape index (κ2) is 8.38. The smallest absolute Gasteiger partial charge is 0.240 e. The molecule has 7 nitrogen and oxygen atoms in total. The second-order valence-corrected chi connectivity index (χ2v) is 9.88. The minimum Gasteiger partial charge on any atom is -0.337 e. The number of hydrogen-bond acceptors (Lipinski definition) is 4. The van der Waals surface area contributed by atoms with Gasteiger partial charge in [-0.2, -0.15) is 0 Å². The van der Waals surface area contributed by atoms with Gasteiger partial charge in [0, 0.05) is 25.7 Å². The summed E-state index contributed by atoms with van der Waals surface area (Å²) < 4.78 is 1.77. The van der Waals surface area contributed by atoms with E-state index in [-0.39, 0.29) is 24.3 Å². The molecule has 0 saturated carbocycles. The highest BCUT2D eigenvalue weighted by Crippen LogP contribution is 2.57. The molecule has 1 unspecified atom stereocenters. The molecule has 0 radical (unpaired) electrons. The molecule has 7 heteroatoms. The quantitative estimate of drug-likeness (QED) is 0.560. The molecule has 3 aromatic rings. The molecular weight excluding hydrogens is 426 g/mol. The summed E-state index contributed by atoms with van der Waals surface area (Å²) in [5.41, 5.74) is 3.57. The number of nitrogens with zero attached hydrogens (tertiary/aromatic N) is 5. The van der Waals surface area contributed by atoms with E-state index in [0.29, 0.717) is 12.5 Å². The predicted molar refractivity (Wildman–Crippen MR) is 131 cm³/mol. The summed E-state index contributed by atoms with van der Waals surface area (Å²) in [5, 5.41) is 8.62. The number of benzene rings is 2. The van der Waals surface area contributed by atoms with Crippen molar-refractivity contribution in [3.63, 3.8) is 0 Å². The van der Waals surface area contributed by atoms with Crippen molar-refractivity contribution < 1.29 is 9.59 Å². The van der Waals surface area contributed by atoms with E-state index >= 15 is 0 Å². The summed E-state index contributed by atoms with van der Waals surface area (Å²) in [6, 6.07) is 15.6. The molecule has 176 valence electrons. The van der Waals surface area contributed by atoms with Gasteiger partial charge in [0.05, 0.1) is 23.6 Å². The Balaban J connectivity index is 1.70. The molecule has 5 rings (SSSR count). The number of amides is 2. The van der Waals surface area contributed by atoms with Crippen LogP contribution >= 0.6 is 0 Å². The first-order valence-electron chi connectivity index (χ1n) is 12.1. The highest BCUT2D eigenvalue weighted by Gasteiger charge is 2.62. The van der Waals surface area contributed by atoms with Crippen molar-refractivity contribution in [3.05, 3.63) is 71.5 Å². The zero-order valence-electron chi connectivity index (χ0n) is 20.2. The zero-order chi connectivity index (χ0) is 24.0. The van der Waals surface area contributed by atoms with Gasteiger partial charge >= 0.3 is 0 Å². The SMILES string of the molecule is CCCc1cn(-c2ccc3c(c2)[C@]2(CC(=O)N(C)C2c2ccccc2)C(=O)N3CC(C)C)nn1. The molecule has 1 spiro atoms. The van der Waals surface area contributed by atoms with Crippen molar-refractivity contribution >= 4 is 17.5 Å². The molecule has 2 aliphatic rings. The average Bonchev–Trinajstić information content (AvgIpc) is 3.46. The van der Waals surface area contributed by atoms with E-state index in [1.165, 1.54) is 0 Å². The van der Waals surface area contributed by atoms with E-state index < -0.39 is 5.41 Å². The summed E-state index contributed by atoms with van der Waals surface area (Å²) in [7, 11) is 1.81. The zero-order valence-corrected chi connectivity index (χ0v) is 20.2. The molecule has 0 aliphatic carbocycles. The van der Waals surface area contributed by atoms with Crippen LogP contribution in [0.4, 0.5) is 5.69 Å². The van der Waals surface area contributed by atoms with Crippen molar-refractivity contribution in [1.29, 1.82) is 0 Å². The first kappa shape index (κ1) is 22.3. The summed E-state index contributed by atoms with van der Waals surface area (Å²) in [6.45, 7) is 6.94. The minimum atomic E-state index is -0.972. The lowest BCUT2D eigenvalue weighted by Crippen LogP contribution is -2.45. The third-order valence-corrected chi connectivity index (χ3v) is 7.03. The molecule has 2 aliphatic heterocycles. The summed E-state index contributed by atoms with van der Waals surface area (Å²) >= 11 is 0. The highest BCUT2D eigenvalue weighted by molar-refractivity contribution is 6.12. The highest BCUT2D eigenvalue weighted by atomic mass is 16.2. The largest absolute Gasteiger partial charge is 0.337 e. The number of likely N-dealkylation sites (tertiary alicyclic amines) is 1. The fraction of sp³-hybridized carbons (Fsp3) is 0.407. The fourth-order valence-corrected chi connectivity index (χ4v) is 5.58. The Morgan fingerprint density at radius 3 is 2.59 bits per heavy atom. The van der Waals surface area contributed by atoms with Crippen molar-refractivity contribution in [3.8, 4) is 5.69 Å². The van der Waals surface area contributed by atoms with Gasteiger partial charge in [-0.15, -0.1) is 5.10 Å². The van der Waals surface area contributed by atoms with Gasteiger partial charge in [0.2, 0.25) is 11.8 Å². The standard InChI is InChI=1S/C27H31N5O2/c1-5-9-20-17-32(29-28-20)21-12-13-23-22(14-21)27(26(34)31(23)16-18(2)3)15-24(33)30(4)25(27)19-10-7-6-8-11-19/h6-8,10-14,17-18,25H,5,9,15-16H2,1-4H3/t25?,27-/m0/s1. The number of carbonyl (C=O) groups is 2. The van der Waals surface area contributed by atoms with Gasteiger partial charge in [-0.25, -0.2) is 4.68 Å². The molecule has 3 heterocycles. The van der Waals surface area contributed by atoms with Gasteiger partial charge in [-0.3, -0.25) is 9.59 Å². The van der Waals surface area contributed by atoms with Crippen LogP contribution in [-0.2, 0) is 21.4 Å². The first-order valence-corrected chi connectivity index (χ1v) is 12.1. The molecule has 34 heavy (non-hydrogen) atoms. The van der Waals surface area contributed by atoms with Crippen LogP contribution in [0.3, 0.4) is 0 Å². The molecule has 2 atom stereocenters. The van der Waals surface area contributed by atoms with Crippen LogP contribution in [0.2, 0.25) is 0 Å². The van der Waals surface area contributed by atoms with Crippen LogP contribution in [0.1, 0.15) is 56.5 Å². The van der Waals surface area contributed by atoms with Gasteiger partial charge in [-0.1, -0.05) is 62.7 Å². The fourth-order valence-electron chi connectivity index (χ4n) is 5.58. The number of hydrogen-bond donors (Lipinski definition) is 0. The Morgan fingerprint density at radius 1 is 1.12 bits per heavy atom. The number of aromatic nitrogens is 3. The van der Waals surface area contributed by atoms with Crippen LogP contribution in [-0.4, -0.2) is 45.3 Å². The second-order valence-electron chi connectivity index (χ2n) is 9.88. The normalized spacial score (nSPS) is 21.9. The predicted octanol–water partition coefficient (Wildman–Crippen LogP) is 4.06. The first-order chi connectivity index (χ1) is 16.4. The lowest BCUT2D eigenvalue weighted by atomic mass is 9.72. The summed E-state index contributed by atoms with van der Waals surface area (Å²) in [5.74, 6) is 0.282. The number of aryl methyl sites for hydroxylation is 1. The number of likely N-dealkylation sites (N-methyl/N-ethyl adjacent to an activating group) is 1. The minimum absolute atomic E-state index is 0.00478. The van der Waals surface area contributed by atoms with Crippen LogP contribution < -0.4 is 4.90 Å². The Labute approximate surface area is 200 Å². The van der Waals surface area contributed by atoms with Crippen LogP contribution in [0, 0.1) is 5.92 Å². The molecule has 2 amide bonds. The Morgan fingerprint density at radius 2 is 1.88 bits per heavy atom. The topological polar surface area (TPSA) is 71.3 Å². The number of fused-ring (bicyclic) bond motifs is 2. The molecule has 1 aromatic heterocycles. The lowest BCUT2D eigenvalue weighted by Gasteiger charge is -2.33. The van der Waals surface area contributed by atoms with Gasteiger partial charge in [0.15, 0.2) is 0 Å². The molecule has 1 saturated heterocycles. The maximum Gasteiger partial charge on any atom is 0.240 e. The monoisotopic (exact) mass is 457 g/mol. The van der Waals surface area contributed by atoms with Gasteiger partial charge in [-0.05, 0) is 41.7 Å². The van der Waals surface area contributed by atoms with E-state index in [1.54, 1.807) is 9.58 Å². The number of rotatable bonds is 6. The van der Waals surface area contributed by atoms with Gasteiger partial charge in [0.25, 0.3) is 0 Å². The Kier molecular flexibility index (Phi) is 5.50. The molecular formula is C27H31N5O2. The third kappa shape index (κ3) is 3.33. The van der Waals surface area contributed by atoms with E-state index in [9.17, 15) is 9.59 Å². The molecule has 1 fully saturated rings. The summed E-state index contributed by atoms with van der Waals surface area (Å²) in [4.78, 5) is 31.0. The Bertz CT molecular complexity index is 1230. The average molecular weight is 458 g/mol. The number of carbonyl (C=O) groups excluding carboxylic acids is 2. The van der Waals surface area contributed by atoms with E-state index in [0.717, 1.165) is 41.0 Å². The molecule has 2 aromatic carbocycles. The molecule has 0 bridgehead atoms. The van der Waals surface area contributed by atoms with E-state index in [1.807, 2.05) is 66.7 Å². The van der Waals surface area contributed by atoms with Crippen LogP contribution in [0.15, 0.2) is 54.7 Å². The van der Waals surface area contributed by atoms with E-state index in [2.05, 4.69) is 31.1 Å². The maximum absolute atomic E-state index is 14.2. The van der Waals surface area contributed by atoms with Gasteiger partial charge < -0.3 is 9.80 Å². The van der Waals surface area contributed by atoms with Crippen LogP contribution in [0.5, 0.6) is 0 Å². The van der Waals surface area contributed by atoms with Crippen molar-refractivity contribution in [1.82, 2.24) is 19.9 Å². The van der Waals surface area contributed by atoms with Gasteiger partial charge in [0.1, 0.15) is 5.41 Å². The van der Waals surface area contributed by atoms with Crippen molar-refractivity contribution in [2.24, 2.45) is 5.92 Å². The number of anilines is 1. The maximum atomic E-state index is 14.2. The van der Waals surface area contributed by atoms with Crippen LogP contribution in [0.25, 0.3) is 5.69 Å². The van der Waals surface area contributed by atoms with Crippen molar-refractivity contribution in [2.75, 3.05) is 18.5 Å². The van der Waals surface area contributed by atoms with E-state index in [4.69, 9.17) is 0 Å². The third-order valence-electron chi connectivity index (χ3n) is 7.03.